The van der Waals surface area contributed by atoms with E-state index in [1.165, 1.54) is 19.2 Å². The van der Waals surface area contributed by atoms with Crippen LogP contribution < -0.4 is 10.1 Å². The topological polar surface area (TPSA) is 107 Å². The van der Waals surface area contributed by atoms with E-state index >= 15 is 0 Å². The lowest BCUT2D eigenvalue weighted by atomic mass is 10.2. The molecule has 0 aliphatic carbocycles. The van der Waals surface area contributed by atoms with Crippen LogP contribution in [0.25, 0.3) is 0 Å². The number of ether oxygens (including phenoxy) is 1. The van der Waals surface area contributed by atoms with Crippen LogP contribution in [0.2, 0.25) is 0 Å². The SMILES string of the molecule is COc1ccc(S(=O)(=O)C(F)(F)F)cc1NC(=O)CCS(=O)(=O)c1ccc(C)cc1. The van der Waals surface area contributed by atoms with E-state index in [-0.39, 0.29) is 16.3 Å². The van der Waals surface area contributed by atoms with Gasteiger partial charge in [0, 0.05) is 6.42 Å². The number of rotatable bonds is 7. The molecule has 7 nitrogen and oxygen atoms in total. The number of carbonyl (C=O) groups excluding carboxylic acids is 1. The molecule has 0 saturated carbocycles. The summed E-state index contributed by atoms with van der Waals surface area (Å²) in [7, 11) is -8.23. The van der Waals surface area contributed by atoms with Crippen molar-refractivity contribution in [2.75, 3.05) is 18.2 Å². The lowest BCUT2D eigenvalue weighted by Crippen LogP contribution is -2.23. The lowest BCUT2D eigenvalue weighted by molar-refractivity contribution is -0.115. The van der Waals surface area contributed by atoms with Crippen molar-refractivity contribution in [1.29, 1.82) is 0 Å². The molecule has 2 aromatic carbocycles. The number of amides is 1. The van der Waals surface area contributed by atoms with Crippen LogP contribution in [0.3, 0.4) is 0 Å². The molecular formula is C18H18F3NO6S2. The van der Waals surface area contributed by atoms with Gasteiger partial charge < -0.3 is 10.1 Å². The van der Waals surface area contributed by atoms with E-state index in [0.29, 0.717) is 12.1 Å². The molecule has 2 rings (SSSR count). The molecule has 1 amide bonds. The summed E-state index contributed by atoms with van der Waals surface area (Å²) in [5.74, 6) is -1.48. The summed E-state index contributed by atoms with van der Waals surface area (Å²) >= 11 is 0. The van der Waals surface area contributed by atoms with Gasteiger partial charge in [-0.1, -0.05) is 17.7 Å². The Morgan fingerprint density at radius 2 is 1.57 bits per heavy atom. The third kappa shape index (κ3) is 5.30. The maximum atomic E-state index is 12.8. The Labute approximate surface area is 171 Å². The molecule has 0 spiro atoms. The predicted molar refractivity (Wildman–Crippen MR) is 103 cm³/mol. The Balaban J connectivity index is 2.20. The molecule has 12 heteroatoms. The van der Waals surface area contributed by atoms with E-state index in [1.54, 1.807) is 19.1 Å². The molecule has 0 bridgehead atoms. The van der Waals surface area contributed by atoms with Crippen molar-refractivity contribution < 1.29 is 39.5 Å². The van der Waals surface area contributed by atoms with Crippen molar-refractivity contribution in [3.63, 3.8) is 0 Å². The summed E-state index contributed by atoms with van der Waals surface area (Å²) in [5, 5.41) is 2.20. The molecule has 30 heavy (non-hydrogen) atoms. The van der Waals surface area contributed by atoms with Gasteiger partial charge in [0.2, 0.25) is 5.91 Å². The standard InChI is InChI=1S/C18H18F3NO6S2/c1-12-3-5-13(6-4-12)29(24,25)10-9-17(23)22-15-11-14(7-8-16(15)28-2)30(26,27)18(19,20)21/h3-8,11H,9-10H2,1-2H3,(H,22,23). The number of hydrogen-bond donors (Lipinski definition) is 1. The van der Waals surface area contributed by atoms with E-state index in [2.05, 4.69) is 5.32 Å². The van der Waals surface area contributed by atoms with Gasteiger partial charge in [0.05, 0.1) is 28.3 Å². The molecule has 1 N–H and O–H groups in total. The Kier molecular flexibility index (Phi) is 6.82. The number of aryl methyl sites for hydroxylation is 1. The molecule has 0 aliphatic rings. The first-order chi connectivity index (χ1) is 13.8. The Hall–Kier alpha value is -2.60. The van der Waals surface area contributed by atoms with E-state index < -0.39 is 48.2 Å². The first-order valence-electron chi connectivity index (χ1n) is 8.36. The smallest absolute Gasteiger partial charge is 0.495 e. The second-order valence-electron chi connectivity index (χ2n) is 6.24. The van der Waals surface area contributed by atoms with Crippen molar-refractivity contribution in [2.24, 2.45) is 0 Å². The number of methoxy groups -OCH3 is 1. The van der Waals surface area contributed by atoms with Crippen molar-refractivity contribution in [3.8, 4) is 5.75 Å². The van der Waals surface area contributed by atoms with Gasteiger partial charge in [-0.3, -0.25) is 4.79 Å². The second kappa shape index (κ2) is 8.64. The van der Waals surface area contributed by atoms with Gasteiger partial charge >= 0.3 is 5.51 Å². The molecule has 0 unspecified atom stereocenters. The second-order valence-corrected chi connectivity index (χ2v) is 10.3. The number of benzene rings is 2. The monoisotopic (exact) mass is 465 g/mol. The van der Waals surface area contributed by atoms with Crippen LogP contribution in [0.15, 0.2) is 52.3 Å². The maximum absolute atomic E-state index is 12.8. The van der Waals surface area contributed by atoms with Crippen molar-refractivity contribution >= 4 is 31.3 Å². The van der Waals surface area contributed by atoms with Crippen LogP contribution in [-0.2, 0) is 24.5 Å². The highest BCUT2D eigenvalue weighted by atomic mass is 32.2. The summed E-state index contributed by atoms with van der Waals surface area (Å²) in [6.07, 6.45) is -0.504. The van der Waals surface area contributed by atoms with Crippen LogP contribution in [0.4, 0.5) is 18.9 Å². The third-order valence-corrected chi connectivity index (χ3v) is 7.25. The normalized spacial score (nSPS) is 12.4. The average molecular weight is 465 g/mol. The largest absolute Gasteiger partial charge is 0.501 e. The van der Waals surface area contributed by atoms with Gasteiger partial charge in [-0.15, -0.1) is 0 Å². The summed E-state index contributed by atoms with van der Waals surface area (Å²) in [6.45, 7) is 1.78. The highest BCUT2D eigenvalue weighted by Gasteiger charge is 2.47. The van der Waals surface area contributed by atoms with E-state index in [1.807, 2.05) is 0 Å². The lowest BCUT2D eigenvalue weighted by Gasteiger charge is -2.13. The van der Waals surface area contributed by atoms with Gasteiger partial charge in [-0.2, -0.15) is 13.2 Å². The number of halogens is 3. The first-order valence-corrected chi connectivity index (χ1v) is 11.5. The highest BCUT2D eigenvalue weighted by Crippen LogP contribution is 2.34. The summed E-state index contributed by atoms with van der Waals surface area (Å²) in [5.41, 5.74) is -5.00. The van der Waals surface area contributed by atoms with Gasteiger partial charge in [0.25, 0.3) is 9.84 Å². The van der Waals surface area contributed by atoms with E-state index in [0.717, 1.165) is 11.6 Å². The van der Waals surface area contributed by atoms with Crippen LogP contribution >= 0.6 is 0 Å². The number of carbonyl (C=O) groups is 1. The van der Waals surface area contributed by atoms with Gasteiger partial charge in [-0.25, -0.2) is 16.8 Å². The molecule has 0 fully saturated rings. The number of anilines is 1. The van der Waals surface area contributed by atoms with Gasteiger partial charge in [0.1, 0.15) is 5.75 Å². The molecular weight excluding hydrogens is 447 g/mol. The Morgan fingerprint density at radius 3 is 2.10 bits per heavy atom. The number of nitrogens with one attached hydrogen (secondary N) is 1. The zero-order valence-electron chi connectivity index (χ0n) is 15.9. The Morgan fingerprint density at radius 1 is 1.00 bits per heavy atom. The zero-order valence-corrected chi connectivity index (χ0v) is 17.5. The van der Waals surface area contributed by atoms with Crippen molar-refractivity contribution in [3.05, 3.63) is 48.0 Å². The highest BCUT2D eigenvalue weighted by molar-refractivity contribution is 7.92. The molecule has 0 aromatic heterocycles. The van der Waals surface area contributed by atoms with Crippen LogP contribution in [0.1, 0.15) is 12.0 Å². The van der Waals surface area contributed by atoms with E-state index in [4.69, 9.17) is 4.74 Å². The summed E-state index contributed by atoms with van der Waals surface area (Å²) in [6, 6.07) is 8.26. The third-order valence-electron chi connectivity index (χ3n) is 4.04. The first kappa shape index (κ1) is 23.7. The summed E-state index contributed by atoms with van der Waals surface area (Å²) in [4.78, 5) is 11.1. The number of sulfone groups is 2. The average Bonchev–Trinajstić information content (AvgIpc) is 2.66. The van der Waals surface area contributed by atoms with Crippen LogP contribution in [-0.4, -0.2) is 41.1 Å². The van der Waals surface area contributed by atoms with Crippen LogP contribution in [0.5, 0.6) is 5.75 Å². The van der Waals surface area contributed by atoms with Crippen molar-refractivity contribution in [2.45, 2.75) is 28.6 Å². The minimum atomic E-state index is -5.64. The van der Waals surface area contributed by atoms with Crippen molar-refractivity contribution in [1.82, 2.24) is 0 Å². The molecule has 0 radical (unpaired) electrons. The predicted octanol–water partition coefficient (Wildman–Crippen LogP) is 3.10. The molecule has 0 atom stereocenters. The minimum Gasteiger partial charge on any atom is -0.495 e. The Bertz CT molecular complexity index is 1140. The van der Waals surface area contributed by atoms with Gasteiger partial charge in [0.15, 0.2) is 9.84 Å². The molecule has 164 valence electrons. The molecule has 0 heterocycles. The fourth-order valence-electron chi connectivity index (χ4n) is 2.39. The van der Waals surface area contributed by atoms with Gasteiger partial charge in [-0.05, 0) is 37.3 Å². The van der Waals surface area contributed by atoms with E-state index in [9.17, 15) is 34.8 Å². The molecule has 0 aliphatic heterocycles. The number of alkyl halides is 3. The maximum Gasteiger partial charge on any atom is 0.501 e. The zero-order chi connectivity index (χ0) is 22.7. The fourth-order valence-corrected chi connectivity index (χ4v) is 4.42. The molecule has 2 aromatic rings. The number of hydrogen-bond acceptors (Lipinski definition) is 6. The van der Waals surface area contributed by atoms with Crippen LogP contribution in [0, 0.1) is 6.92 Å². The fraction of sp³-hybridized carbons (Fsp3) is 0.278. The molecule has 0 saturated heterocycles. The quantitative estimate of drug-likeness (QED) is 0.674. The summed E-state index contributed by atoms with van der Waals surface area (Å²) < 4.78 is 91.0. The minimum absolute atomic E-state index is 0.0248.